The summed E-state index contributed by atoms with van der Waals surface area (Å²) in [4.78, 5) is 0. The zero-order valence-electron chi connectivity index (χ0n) is 10.00. The molecule has 0 atom stereocenters. The molecule has 0 spiro atoms. The van der Waals surface area contributed by atoms with Crippen molar-refractivity contribution in [3.63, 3.8) is 0 Å². The van der Waals surface area contributed by atoms with Crippen LogP contribution >= 0.6 is 43.5 Å². The molecule has 0 heterocycles. The molecule has 2 aromatic carbocycles. The van der Waals surface area contributed by atoms with Gasteiger partial charge in [0.25, 0.3) is 0 Å². The number of hydrogen-bond donors (Lipinski definition) is 1. The maximum absolute atomic E-state index is 6.08. The maximum atomic E-state index is 6.08. The van der Waals surface area contributed by atoms with E-state index in [0.29, 0.717) is 18.2 Å². The van der Waals surface area contributed by atoms with Gasteiger partial charge < -0.3 is 10.1 Å². The number of hydrogen-bond acceptors (Lipinski definition) is 2. The van der Waals surface area contributed by atoms with Crippen molar-refractivity contribution in [2.75, 3.05) is 18.5 Å². The molecule has 2 rings (SSSR count). The van der Waals surface area contributed by atoms with Gasteiger partial charge in [0.2, 0.25) is 0 Å². The van der Waals surface area contributed by atoms with Gasteiger partial charge >= 0.3 is 0 Å². The fraction of sp³-hybridized carbons (Fsp3) is 0.143. The molecule has 0 saturated heterocycles. The highest BCUT2D eigenvalue weighted by molar-refractivity contribution is 9.10. The van der Waals surface area contributed by atoms with Crippen LogP contribution in [0.4, 0.5) is 5.69 Å². The van der Waals surface area contributed by atoms with Gasteiger partial charge in [-0.25, -0.2) is 0 Å². The van der Waals surface area contributed by atoms with E-state index < -0.39 is 0 Å². The third-order valence-corrected chi connectivity index (χ3v) is 3.78. The zero-order chi connectivity index (χ0) is 13.7. The standard InChI is InChI=1S/C14H12Br2ClNO/c15-10-1-4-12(5-2-10)19-8-7-18-14-9-11(16)3-6-13(14)17/h1-6,9,18H,7-8H2. The SMILES string of the molecule is Clc1ccc(Br)cc1NCCOc1ccc(Br)cc1. The lowest BCUT2D eigenvalue weighted by molar-refractivity contribution is 0.333. The molecule has 0 unspecified atom stereocenters. The highest BCUT2D eigenvalue weighted by Gasteiger charge is 2.00. The summed E-state index contributed by atoms with van der Waals surface area (Å²) in [6, 6.07) is 13.5. The first-order chi connectivity index (χ1) is 9.15. The molecule has 0 aliphatic rings. The van der Waals surface area contributed by atoms with E-state index in [1.165, 1.54) is 0 Å². The molecule has 0 saturated carbocycles. The zero-order valence-corrected chi connectivity index (χ0v) is 13.9. The predicted octanol–water partition coefficient (Wildman–Crippen LogP) is 5.36. The van der Waals surface area contributed by atoms with Crippen LogP contribution in [-0.4, -0.2) is 13.2 Å². The van der Waals surface area contributed by atoms with E-state index in [2.05, 4.69) is 37.2 Å². The minimum Gasteiger partial charge on any atom is -0.492 e. The smallest absolute Gasteiger partial charge is 0.119 e. The lowest BCUT2D eigenvalue weighted by Gasteiger charge is -2.10. The molecule has 0 radical (unpaired) electrons. The Labute approximate surface area is 134 Å². The molecule has 5 heteroatoms. The van der Waals surface area contributed by atoms with Gasteiger partial charge in [0, 0.05) is 15.5 Å². The predicted molar refractivity (Wildman–Crippen MR) is 87.3 cm³/mol. The maximum Gasteiger partial charge on any atom is 0.119 e. The molecule has 2 aromatic rings. The third-order valence-electron chi connectivity index (χ3n) is 2.43. The van der Waals surface area contributed by atoms with Crippen LogP contribution in [0.2, 0.25) is 5.02 Å². The molecule has 0 fully saturated rings. The summed E-state index contributed by atoms with van der Waals surface area (Å²) in [7, 11) is 0. The van der Waals surface area contributed by atoms with Crippen molar-refractivity contribution in [3.8, 4) is 5.75 Å². The first-order valence-corrected chi connectivity index (χ1v) is 7.69. The van der Waals surface area contributed by atoms with E-state index in [-0.39, 0.29) is 0 Å². The van der Waals surface area contributed by atoms with E-state index in [4.69, 9.17) is 16.3 Å². The molecule has 0 aliphatic carbocycles. The van der Waals surface area contributed by atoms with Crippen molar-refractivity contribution in [2.24, 2.45) is 0 Å². The van der Waals surface area contributed by atoms with Crippen molar-refractivity contribution >= 4 is 49.1 Å². The second kappa shape index (κ2) is 7.17. The van der Waals surface area contributed by atoms with Gasteiger partial charge in [-0.1, -0.05) is 43.5 Å². The van der Waals surface area contributed by atoms with Gasteiger partial charge in [-0.15, -0.1) is 0 Å². The van der Waals surface area contributed by atoms with Gasteiger partial charge in [0.1, 0.15) is 12.4 Å². The van der Waals surface area contributed by atoms with Gasteiger partial charge in [-0.2, -0.15) is 0 Å². The first-order valence-electron chi connectivity index (χ1n) is 5.72. The van der Waals surface area contributed by atoms with Crippen LogP contribution in [0.15, 0.2) is 51.4 Å². The monoisotopic (exact) mass is 403 g/mol. The largest absolute Gasteiger partial charge is 0.492 e. The second-order valence-electron chi connectivity index (χ2n) is 3.85. The van der Waals surface area contributed by atoms with Crippen LogP contribution in [-0.2, 0) is 0 Å². The summed E-state index contributed by atoms with van der Waals surface area (Å²) in [5.41, 5.74) is 0.899. The molecule has 0 aromatic heterocycles. The number of ether oxygens (including phenoxy) is 1. The van der Waals surface area contributed by atoms with Crippen molar-refractivity contribution in [2.45, 2.75) is 0 Å². The summed E-state index contributed by atoms with van der Waals surface area (Å²) in [5.74, 6) is 0.852. The lowest BCUT2D eigenvalue weighted by Crippen LogP contribution is -2.11. The summed E-state index contributed by atoms with van der Waals surface area (Å²) >= 11 is 12.9. The summed E-state index contributed by atoms with van der Waals surface area (Å²) < 4.78 is 7.65. The van der Waals surface area contributed by atoms with Crippen LogP contribution in [0, 0.1) is 0 Å². The quantitative estimate of drug-likeness (QED) is 0.677. The molecule has 0 amide bonds. The summed E-state index contributed by atoms with van der Waals surface area (Å²) in [6.07, 6.45) is 0. The van der Waals surface area contributed by atoms with Crippen molar-refractivity contribution < 1.29 is 4.74 Å². The van der Waals surface area contributed by atoms with Crippen LogP contribution in [0.1, 0.15) is 0 Å². The van der Waals surface area contributed by atoms with Crippen molar-refractivity contribution in [1.82, 2.24) is 0 Å². The lowest BCUT2D eigenvalue weighted by atomic mass is 10.3. The Bertz CT molecular complexity index is 546. The number of anilines is 1. The molecule has 0 bridgehead atoms. The minimum absolute atomic E-state index is 0.574. The summed E-state index contributed by atoms with van der Waals surface area (Å²) in [6.45, 7) is 1.26. The molecule has 0 aliphatic heterocycles. The van der Waals surface area contributed by atoms with Gasteiger partial charge in [0.05, 0.1) is 10.7 Å². The van der Waals surface area contributed by atoms with Gasteiger partial charge in [0.15, 0.2) is 0 Å². The average molecular weight is 406 g/mol. The Kier molecular flexibility index (Phi) is 5.55. The Balaban J connectivity index is 1.80. The summed E-state index contributed by atoms with van der Waals surface area (Å²) in [5, 5.41) is 3.94. The van der Waals surface area contributed by atoms with Gasteiger partial charge in [-0.05, 0) is 42.5 Å². The van der Waals surface area contributed by atoms with Crippen LogP contribution in [0.25, 0.3) is 0 Å². The first kappa shape index (κ1) is 14.7. The molecular weight excluding hydrogens is 393 g/mol. The highest BCUT2D eigenvalue weighted by atomic mass is 79.9. The molecular formula is C14H12Br2ClNO. The van der Waals surface area contributed by atoms with E-state index >= 15 is 0 Å². The molecule has 100 valence electrons. The van der Waals surface area contributed by atoms with Crippen LogP contribution in [0.5, 0.6) is 5.75 Å². The fourth-order valence-electron chi connectivity index (χ4n) is 1.52. The Hall–Kier alpha value is -0.710. The van der Waals surface area contributed by atoms with Crippen molar-refractivity contribution in [3.05, 3.63) is 56.4 Å². The van der Waals surface area contributed by atoms with Crippen molar-refractivity contribution in [1.29, 1.82) is 0 Å². The number of rotatable bonds is 5. The molecule has 19 heavy (non-hydrogen) atoms. The van der Waals surface area contributed by atoms with E-state index in [9.17, 15) is 0 Å². The number of nitrogens with one attached hydrogen (secondary N) is 1. The molecule has 1 N–H and O–H groups in total. The second-order valence-corrected chi connectivity index (χ2v) is 6.09. The highest BCUT2D eigenvalue weighted by Crippen LogP contribution is 2.25. The normalized spacial score (nSPS) is 10.3. The van der Waals surface area contributed by atoms with E-state index in [1.54, 1.807) is 0 Å². The number of halogens is 3. The van der Waals surface area contributed by atoms with Crippen LogP contribution < -0.4 is 10.1 Å². The van der Waals surface area contributed by atoms with Crippen LogP contribution in [0.3, 0.4) is 0 Å². The van der Waals surface area contributed by atoms with E-state index in [0.717, 1.165) is 20.4 Å². The minimum atomic E-state index is 0.574. The third kappa shape index (κ3) is 4.71. The Morgan fingerprint density at radius 2 is 1.68 bits per heavy atom. The Morgan fingerprint density at radius 3 is 2.42 bits per heavy atom. The fourth-order valence-corrected chi connectivity index (χ4v) is 2.33. The molecule has 2 nitrogen and oxygen atoms in total. The topological polar surface area (TPSA) is 21.3 Å². The Morgan fingerprint density at radius 1 is 1.00 bits per heavy atom. The average Bonchev–Trinajstić information content (AvgIpc) is 2.40. The van der Waals surface area contributed by atoms with Gasteiger partial charge in [-0.3, -0.25) is 0 Å². The number of benzene rings is 2. The van der Waals surface area contributed by atoms with E-state index in [1.807, 2.05) is 42.5 Å².